The highest BCUT2D eigenvalue weighted by molar-refractivity contribution is 6.13. The van der Waals surface area contributed by atoms with Crippen LogP contribution in [0.4, 0.5) is 34.1 Å². The van der Waals surface area contributed by atoms with Gasteiger partial charge in [-0.1, -0.05) is 176 Å². The molecule has 0 atom stereocenters. The van der Waals surface area contributed by atoms with Crippen LogP contribution in [-0.2, 0) is 0 Å². The van der Waals surface area contributed by atoms with Crippen LogP contribution in [0.2, 0.25) is 0 Å². The first-order valence-corrected chi connectivity index (χ1v) is 27.0. The van der Waals surface area contributed by atoms with Gasteiger partial charge in [0, 0.05) is 67.0 Å². The molecule has 14 rings (SSSR count). The van der Waals surface area contributed by atoms with Crippen LogP contribution in [0.1, 0.15) is 11.1 Å². The van der Waals surface area contributed by atoms with Gasteiger partial charge in [0.25, 0.3) is 0 Å². The van der Waals surface area contributed by atoms with Crippen molar-refractivity contribution in [1.29, 1.82) is 0 Å². The molecule has 0 aliphatic heterocycles. The summed E-state index contributed by atoms with van der Waals surface area (Å²) in [6, 6.07) is 106. The van der Waals surface area contributed by atoms with Crippen molar-refractivity contribution in [1.82, 2.24) is 9.13 Å². The zero-order valence-corrected chi connectivity index (χ0v) is 43.8. The molecule has 0 N–H and O–H groups in total. The Balaban J connectivity index is 0.830. The molecule has 4 heteroatoms. The zero-order chi connectivity index (χ0) is 52.8. The molecule has 0 amide bonds. The number of rotatable bonds is 12. The molecule has 374 valence electrons. The van der Waals surface area contributed by atoms with Gasteiger partial charge in [-0.05, 0) is 179 Å². The van der Waals surface area contributed by atoms with Gasteiger partial charge >= 0.3 is 0 Å². The van der Waals surface area contributed by atoms with Gasteiger partial charge in [0.2, 0.25) is 0 Å². The van der Waals surface area contributed by atoms with E-state index in [4.69, 9.17) is 0 Å². The predicted octanol–water partition coefficient (Wildman–Crippen LogP) is 20.8. The van der Waals surface area contributed by atoms with Gasteiger partial charge in [0.05, 0.1) is 22.1 Å². The van der Waals surface area contributed by atoms with E-state index in [0.29, 0.717) is 0 Å². The number of para-hydroxylation sites is 4. The normalized spacial score (nSPS) is 11.4. The van der Waals surface area contributed by atoms with E-state index in [2.05, 4.69) is 324 Å². The van der Waals surface area contributed by atoms with Crippen LogP contribution >= 0.6 is 0 Å². The minimum atomic E-state index is 1.07. The molecular weight excluding hydrogens is 957 g/mol. The van der Waals surface area contributed by atoms with E-state index >= 15 is 0 Å². The maximum Gasteiger partial charge on any atom is 0.0542 e. The van der Waals surface area contributed by atoms with Gasteiger partial charge in [-0.15, -0.1) is 0 Å². The number of benzene rings is 12. The average Bonchev–Trinajstić information content (AvgIpc) is 4.25. The Kier molecular flexibility index (Phi) is 11.9. The van der Waals surface area contributed by atoms with Gasteiger partial charge in [-0.2, -0.15) is 0 Å². The molecule has 79 heavy (non-hydrogen) atoms. The Morgan fingerprint density at radius 3 is 0.962 bits per heavy atom. The maximum absolute atomic E-state index is 3.97. The van der Waals surface area contributed by atoms with Gasteiger partial charge in [0.1, 0.15) is 0 Å². The molecule has 0 bridgehead atoms. The molecular formula is C75H54N4. The Morgan fingerprint density at radius 1 is 0.278 bits per heavy atom. The van der Waals surface area contributed by atoms with Crippen molar-refractivity contribution in [3.05, 3.63) is 309 Å². The van der Waals surface area contributed by atoms with Crippen molar-refractivity contribution in [2.75, 3.05) is 9.80 Å². The lowest BCUT2D eigenvalue weighted by molar-refractivity contribution is 1.18. The summed E-state index contributed by atoms with van der Waals surface area (Å²) in [7, 11) is 0. The fourth-order valence-corrected chi connectivity index (χ4v) is 11.6. The molecule has 14 aromatic rings. The number of nitrogens with zero attached hydrogens (tertiary/aromatic N) is 4. The first kappa shape index (κ1) is 47.1. The van der Waals surface area contributed by atoms with E-state index in [-0.39, 0.29) is 0 Å². The SMILES string of the molecule is C=Cc1ccc(-c2ccc3c(c2)c2cc(N(c4ccccc4)c4ccc(-c5ccc(N(c6ccccc6)c6ccc7c(c6)c6cc(-c8ccc(C)cc8)ccc6n7-c6ccccc6)cc5)cc4)ccc2n3-c2ccccc2)cc1. The molecule has 0 aliphatic rings. The van der Waals surface area contributed by atoms with E-state index in [1.165, 1.54) is 65.9 Å². The smallest absolute Gasteiger partial charge is 0.0542 e. The summed E-state index contributed by atoms with van der Waals surface area (Å²) in [6.07, 6.45) is 1.89. The number of fused-ring (bicyclic) bond motifs is 6. The fraction of sp³-hybridized carbons (Fsp3) is 0.0133. The quantitative estimate of drug-likeness (QED) is 0.121. The number of aromatic nitrogens is 2. The Labute approximate surface area is 460 Å². The highest BCUT2D eigenvalue weighted by Gasteiger charge is 2.21. The van der Waals surface area contributed by atoms with Crippen molar-refractivity contribution >= 4 is 83.8 Å². The Hall–Kier alpha value is -10.4. The third-order valence-electron chi connectivity index (χ3n) is 15.5. The van der Waals surface area contributed by atoms with Crippen LogP contribution in [-0.4, -0.2) is 9.13 Å². The number of hydrogen-bond acceptors (Lipinski definition) is 2. The topological polar surface area (TPSA) is 16.3 Å². The Morgan fingerprint density at radius 2 is 0.570 bits per heavy atom. The molecule has 0 saturated carbocycles. The third kappa shape index (κ3) is 8.62. The standard InChI is InChI=1S/C75H54N4/c1-3-53-26-30-57(31-27-53)59-37-45-73-69(49-59)71-51-67(43-47-75(71)79(73)63-22-14-7-15-23-63)77(61-18-10-5-11-19-61)65-40-34-55(35-41-65)54-32-38-64(39-33-54)76(60-16-8-4-9-17-60)66-42-46-74-70(50-66)68-48-58(56-28-24-52(2)25-29-56)36-44-72(68)78(74)62-20-12-6-13-21-62/h3-51H,1H2,2H3. The summed E-state index contributed by atoms with van der Waals surface area (Å²) < 4.78 is 4.78. The average molecular weight is 1010 g/mol. The molecule has 0 fully saturated rings. The second kappa shape index (κ2) is 19.9. The van der Waals surface area contributed by atoms with Crippen LogP contribution in [0, 0.1) is 6.92 Å². The lowest BCUT2D eigenvalue weighted by Crippen LogP contribution is -2.10. The van der Waals surface area contributed by atoms with Crippen LogP contribution < -0.4 is 9.80 Å². The number of hydrogen-bond donors (Lipinski definition) is 0. The molecule has 0 saturated heterocycles. The van der Waals surface area contributed by atoms with Gasteiger partial charge in [-0.25, -0.2) is 0 Å². The van der Waals surface area contributed by atoms with Crippen molar-refractivity contribution in [3.63, 3.8) is 0 Å². The molecule has 0 spiro atoms. The molecule has 2 heterocycles. The minimum absolute atomic E-state index is 1.07. The largest absolute Gasteiger partial charge is 0.310 e. The van der Waals surface area contributed by atoms with Crippen LogP contribution in [0.15, 0.2) is 298 Å². The van der Waals surface area contributed by atoms with Gasteiger partial charge in [0.15, 0.2) is 0 Å². The van der Waals surface area contributed by atoms with E-state index < -0.39 is 0 Å². The van der Waals surface area contributed by atoms with Gasteiger partial charge in [-0.3, -0.25) is 0 Å². The number of aryl methyl sites for hydroxylation is 1. The molecule has 4 nitrogen and oxygen atoms in total. The number of anilines is 6. The van der Waals surface area contributed by atoms with Crippen LogP contribution in [0.25, 0.3) is 94.4 Å². The minimum Gasteiger partial charge on any atom is -0.310 e. The highest BCUT2D eigenvalue weighted by Crippen LogP contribution is 2.44. The predicted molar refractivity (Wildman–Crippen MR) is 336 cm³/mol. The van der Waals surface area contributed by atoms with Crippen LogP contribution in [0.5, 0.6) is 0 Å². The first-order valence-electron chi connectivity index (χ1n) is 27.0. The lowest BCUT2D eigenvalue weighted by Gasteiger charge is -2.26. The molecule has 0 radical (unpaired) electrons. The molecule has 2 aromatic heterocycles. The van der Waals surface area contributed by atoms with Crippen molar-refractivity contribution in [2.45, 2.75) is 6.92 Å². The summed E-state index contributed by atoms with van der Waals surface area (Å²) in [5.74, 6) is 0. The summed E-state index contributed by atoms with van der Waals surface area (Å²) in [4.78, 5) is 4.74. The Bertz CT molecular complexity index is 4500. The third-order valence-corrected chi connectivity index (χ3v) is 15.5. The zero-order valence-electron chi connectivity index (χ0n) is 43.8. The first-order chi connectivity index (χ1) is 39.0. The van der Waals surface area contributed by atoms with Crippen LogP contribution in [0.3, 0.4) is 0 Å². The molecule has 0 unspecified atom stereocenters. The van der Waals surface area contributed by atoms with Gasteiger partial charge < -0.3 is 18.9 Å². The van der Waals surface area contributed by atoms with Crippen molar-refractivity contribution < 1.29 is 0 Å². The summed E-state index contributed by atoms with van der Waals surface area (Å²) >= 11 is 0. The molecule has 0 aliphatic carbocycles. The van der Waals surface area contributed by atoms with E-state index in [1.54, 1.807) is 0 Å². The maximum atomic E-state index is 3.97. The highest BCUT2D eigenvalue weighted by atomic mass is 15.1. The summed E-state index contributed by atoms with van der Waals surface area (Å²) in [6.45, 7) is 6.11. The van der Waals surface area contributed by atoms with Crippen molar-refractivity contribution in [3.8, 4) is 44.8 Å². The second-order valence-electron chi connectivity index (χ2n) is 20.3. The van der Waals surface area contributed by atoms with Crippen molar-refractivity contribution in [2.24, 2.45) is 0 Å². The van der Waals surface area contributed by atoms with E-state index in [1.807, 2.05) is 6.08 Å². The summed E-state index contributed by atoms with van der Waals surface area (Å²) in [5, 5.41) is 4.81. The summed E-state index contributed by atoms with van der Waals surface area (Å²) in [5.41, 5.74) is 22.9. The van der Waals surface area contributed by atoms with E-state index in [0.717, 1.165) is 67.7 Å². The lowest BCUT2D eigenvalue weighted by atomic mass is 10.0. The second-order valence-corrected chi connectivity index (χ2v) is 20.3. The fourth-order valence-electron chi connectivity index (χ4n) is 11.6. The molecule has 12 aromatic carbocycles. The van der Waals surface area contributed by atoms with E-state index in [9.17, 15) is 0 Å². The monoisotopic (exact) mass is 1010 g/mol.